The summed E-state index contributed by atoms with van der Waals surface area (Å²) in [5, 5.41) is 2.95. The minimum Gasteiger partial charge on any atom is -0.354 e. The normalized spacial score (nSPS) is 11.9. The molecule has 0 heterocycles. The number of hydrogen-bond acceptors (Lipinski definition) is 3. The van der Waals surface area contributed by atoms with Gasteiger partial charge in [-0.15, -0.1) is 11.8 Å². The number of rotatable bonds is 10. The number of nitrogens with zero attached hydrogens (tertiary/aromatic N) is 1. The molecule has 1 atom stereocenters. The predicted octanol–water partition coefficient (Wildman–Crippen LogP) is 4.67. The summed E-state index contributed by atoms with van der Waals surface area (Å²) in [6, 6.07) is 17.6. The van der Waals surface area contributed by atoms with E-state index in [1.54, 1.807) is 16.7 Å². The van der Waals surface area contributed by atoms with Gasteiger partial charge in [-0.1, -0.05) is 61.9 Å². The lowest BCUT2D eigenvalue weighted by Gasteiger charge is -2.29. The number of hydrogen-bond donors (Lipinski definition) is 1. The fourth-order valence-corrected chi connectivity index (χ4v) is 3.69. The van der Waals surface area contributed by atoms with Gasteiger partial charge in [-0.05, 0) is 37.5 Å². The molecular weight excluding hydrogens is 380 g/mol. The van der Waals surface area contributed by atoms with Crippen molar-refractivity contribution in [2.24, 2.45) is 5.92 Å². The molecule has 2 rings (SSSR count). The lowest BCUT2D eigenvalue weighted by Crippen LogP contribution is -2.48. The second kappa shape index (κ2) is 11.7. The van der Waals surface area contributed by atoms with Gasteiger partial charge in [0.25, 0.3) is 0 Å². The van der Waals surface area contributed by atoms with Gasteiger partial charge >= 0.3 is 0 Å². The molecule has 0 radical (unpaired) electrons. The molecule has 2 aromatic carbocycles. The zero-order valence-electron chi connectivity index (χ0n) is 17.9. The van der Waals surface area contributed by atoms with E-state index in [1.165, 1.54) is 5.56 Å². The summed E-state index contributed by atoms with van der Waals surface area (Å²) in [4.78, 5) is 28.5. The van der Waals surface area contributed by atoms with Crippen LogP contribution in [0, 0.1) is 12.8 Å². The highest BCUT2D eigenvalue weighted by atomic mass is 32.2. The van der Waals surface area contributed by atoms with Crippen molar-refractivity contribution in [3.63, 3.8) is 0 Å². The number of nitrogens with one attached hydrogen (secondary N) is 1. The van der Waals surface area contributed by atoms with Crippen LogP contribution < -0.4 is 5.32 Å². The first kappa shape index (κ1) is 23.0. The lowest BCUT2D eigenvalue weighted by molar-refractivity contribution is -0.140. The smallest absolute Gasteiger partial charge is 0.242 e. The zero-order valence-corrected chi connectivity index (χ0v) is 18.7. The first-order valence-corrected chi connectivity index (χ1v) is 11.2. The van der Waals surface area contributed by atoms with Crippen LogP contribution in [-0.4, -0.2) is 35.1 Å². The standard InChI is InChI=1S/C24H32N2O2S/c1-18(2)16-25-24(28)20(4)26(17-21-8-6-5-7-9-21)23(27)14-15-29-22-12-10-19(3)11-13-22/h5-13,18,20H,14-17H2,1-4H3,(H,25,28)/t20-/m0/s1. The van der Waals surface area contributed by atoms with E-state index in [1.807, 2.05) is 37.3 Å². The maximum absolute atomic E-state index is 13.0. The number of amides is 2. The van der Waals surface area contributed by atoms with E-state index in [-0.39, 0.29) is 11.8 Å². The first-order valence-electron chi connectivity index (χ1n) is 10.2. The molecule has 0 fully saturated rings. The number of benzene rings is 2. The third-order valence-electron chi connectivity index (χ3n) is 4.65. The SMILES string of the molecule is Cc1ccc(SCCC(=O)N(Cc2ccccc2)[C@@H](C)C(=O)NCC(C)C)cc1. The van der Waals surface area contributed by atoms with E-state index < -0.39 is 6.04 Å². The minimum atomic E-state index is -0.508. The van der Waals surface area contributed by atoms with Crippen LogP contribution in [-0.2, 0) is 16.1 Å². The molecule has 0 aliphatic carbocycles. The average molecular weight is 413 g/mol. The van der Waals surface area contributed by atoms with Gasteiger partial charge < -0.3 is 10.2 Å². The average Bonchev–Trinajstić information content (AvgIpc) is 2.71. The van der Waals surface area contributed by atoms with E-state index >= 15 is 0 Å². The Hall–Kier alpha value is -2.27. The van der Waals surface area contributed by atoms with E-state index in [2.05, 4.69) is 50.4 Å². The molecule has 1 N–H and O–H groups in total. The Balaban J connectivity index is 2.01. The van der Waals surface area contributed by atoms with E-state index in [4.69, 9.17) is 0 Å². The Morgan fingerprint density at radius 2 is 1.66 bits per heavy atom. The Bertz CT molecular complexity index is 775. The van der Waals surface area contributed by atoms with Gasteiger partial charge in [0.15, 0.2) is 0 Å². The highest BCUT2D eigenvalue weighted by Crippen LogP contribution is 2.20. The molecule has 0 spiro atoms. The molecule has 0 aliphatic heterocycles. The topological polar surface area (TPSA) is 49.4 Å². The Kier molecular flexibility index (Phi) is 9.26. The van der Waals surface area contributed by atoms with Crippen LogP contribution in [0.5, 0.6) is 0 Å². The van der Waals surface area contributed by atoms with E-state index in [0.717, 1.165) is 10.5 Å². The van der Waals surface area contributed by atoms with Gasteiger partial charge in [-0.2, -0.15) is 0 Å². The summed E-state index contributed by atoms with van der Waals surface area (Å²) in [5.41, 5.74) is 2.25. The molecule has 4 nitrogen and oxygen atoms in total. The van der Waals surface area contributed by atoms with Gasteiger partial charge in [0.05, 0.1) is 0 Å². The van der Waals surface area contributed by atoms with Gasteiger partial charge in [0, 0.05) is 30.2 Å². The summed E-state index contributed by atoms with van der Waals surface area (Å²) in [6.07, 6.45) is 0.396. The molecule has 0 aromatic heterocycles. The second-order valence-electron chi connectivity index (χ2n) is 7.73. The van der Waals surface area contributed by atoms with Crippen molar-refractivity contribution < 1.29 is 9.59 Å². The molecule has 0 bridgehead atoms. The quantitative estimate of drug-likeness (QED) is 0.577. The monoisotopic (exact) mass is 412 g/mol. The van der Waals surface area contributed by atoms with Crippen molar-refractivity contribution in [2.45, 2.75) is 51.6 Å². The van der Waals surface area contributed by atoms with Crippen LogP contribution in [0.1, 0.15) is 38.3 Å². The number of aryl methyl sites for hydroxylation is 1. The van der Waals surface area contributed by atoms with E-state index in [0.29, 0.717) is 31.2 Å². The lowest BCUT2D eigenvalue weighted by atomic mass is 10.1. The molecular formula is C24H32N2O2S. The molecule has 2 aromatic rings. The highest BCUT2D eigenvalue weighted by Gasteiger charge is 2.25. The van der Waals surface area contributed by atoms with Crippen molar-refractivity contribution in [1.82, 2.24) is 10.2 Å². The highest BCUT2D eigenvalue weighted by molar-refractivity contribution is 7.99. The van der Waals surface area contributed by atoms with Crippen molar-refractivity contribution in [2.75, 3.05) is 12.3 Å². The Morgan fingerprint density at radius 3 is 2.28 bits per heavy atom. The third kappa shape index (κ3) is 7.94. The Morgan fingerprint density at radius 1 is 1.00 bits per heavy atom. The molecule has 5 heteroatoms. The zero-order chi connectivity index (χ0) is 21.2. The summed E-state index contributed by atoms with van der Waals surface area (Å²) in [6.45, 7) is 9.03. The molecule has 29 heavy (non-hydrogen) atoms. The van der Waals surface area contributed by atoms with Gasteiger partial charge in [-0.3, -0.25) is 9.59 Å². The maximum Gasteiger partial charge on any atom is 0.242 e. The fraction of sp³-hybridized carbons (Fsp3) is 0.417. The summed E-state index contributed by atoms with van der Waals surface area (Å²) < 4.78 is 0. The van der Waals surface area contributed by atoms with Crippen LogP contribution in [0.2, 0.25) is 0 Å². The molecule has 0 saturated carbocycles. The molecule has 2 amide bonds. The fourth-order valence-electron chi connectivity index (χ4n) is 2.85. The molecule has 156 valence electrons. The van der Waals surface area contributed by atoms with Crippen LogP contribution in [0.4, 0.5) is 0 Å². The first-order chi connectivity index (χ1) is 13.9. The van der Waals surface area contributed by atoms with Crippen molar-refractivity contribution in [1.29, 1.82) is 0 Å². The summed E-state index contributed by atoms with van der Waals surface area (Å²) >= 11 is 1.67. The van der Waals surface area contributed by atoms with Gasteiger partial charge in [0.2, 0.25) is 11.8 Å². The Labute approximate surface area is 179 Å². The molecule has 0 saturated heterocycles. The molecule has 0 aliphatic rings. The largest absolute Gasteiger partial charge is 0.354 e. The van der Waals surface area contributed by atoms with Crippen LogP contribution in [0.15, 0.2) is 59.5 Å². The number of carbonyl (C=O) groups is 2. The van der Waals surface area contributed by atoms with Gasteiger partial charge in [-0.25, -0.2) is 0 Å². The number of carbonyl (C=O) groups excluding carboxylic acids is 2. The minimum absolute atomic E-state index is 0.000613. The van der Waals surface area contributed by atoms with Crippen LogP contribution in [0.3, 0.4) is 0 Å². The van der Waals surface area contributed by atoms with Gasteiger partial charge in [0.1, 0.15) is 6.04 Å². The number of thioether (sulfide) groups is 1. The van der Waals surface area contributed by atoms with Crippen LogP contribution >= 0.6 is 11.8 Å². The van der Waals surface area contributed by atoms with Crippen molar-refractivity contribution in [3.05, 3.63) is 65.7 Å². The summed E-state index contributed by atoms with van der Waals surface area (Å²) in [5.74, 6) is 0.957. The second-order valence-corrected chi connectivity index (χ2v) is 8.90. The van der Waals surface area contributed by atoms with Crippen LogP contribution in [0.25, 0.3) is 0 Å². The maximum atomic E-state index is 13.0. The van der Waals surface area contributed by atoms with E-state index in [9.17, 15) is 9.59 Å². The van der Waals surface area contributed by atoms with Crippen molar-refractivity contribution >= 4 is 23.6 Å². The predicted molar refractivity (Wildman–Crippen MR) is 121 cm³/mol. The molecule has 0 unspecified atom stereocenters. The third-order valence-corrected chi connectivity index (χ3v) is 5.67. The van der Waals surface area contributed by atoms with Crippen molar-refractivity contribution in [3.8, 4) is 0 Å². The summed E-state index contributed by atoms with van der Waals surface area (Å²) in [7, 11) is 0.